The van der Waals surface area contributed by atoms with E-state index in [2.05, 4.69) is 15.1 Å². The summed E-state index contributed by atoms with van der Waals surface area (Å²) < 4.78 is 5.29. The van der Waals surface area contributed by atoms with E-state index in [9.17, 15) is 9.90 Å². The molecule has 124 valence electrons. The van der Waals surface area contributed by atoms with Crippen molar-refractivity contribution in [3.8, 4) is 22.3 Å². The Morgan fingerprint density at radius 2 is 1.96 bits per heavy atom. The van der Waals surface area contributed by atoms with Gasteiger partial charge in [-0.05, 0) is 37.6 Å². The number of hydrogen-bond acceptors (Lipinski definition) is 4. The molecule has 0 spiro atoms. The van der Waals surface area contributed by atoms with Gasteiger partial charge in [-0.25, -0.2) is 4.79 Å². The van der Waals surface area contributed by atoms with Gasteiger partial charge in [-0.1, -0.05) is 17.3 Å². The van der Waals surface area contributed by atoms with Gasteiger partial charge in [-0.3, -0.25) is 4.98 Å². The molecule has 0 fully saturated rings. The number of fused-ring (bicyclic) bond motifs is 1. The number of carbonyl (C=O) groups is 1. The summed E-state index contributed by atoms with van der Waals surface area (Å²) in [6, 6.07) is 8.96. The Labute approximate surface area is 143 Å². The molecule has 2 N–H and O–H groups in total. The number of nitrogens with one attached hydrogen (secondary N) is 1. The normalized spacial score (nSPS) is 11.1. The minimum atomic E-state index is -0.992. The van der Waals surface area contributed by atoms with Crippen LogP contribution in [0.25, 0.3) is 33.3 Å². The minimum Gasteiger partial charge on any atom is -0.478 e. The zero-order chi connectivity index (χ0) is 17.6. The largest absolute Gasteiger partial charge is 0.478 e. The van der Waals surface area contributed by atoms with Gasteiger partial charge in [0.15, 0.2) is 0 Å². The lowest BCUT2D eigenvalue weighted by atomic mass is 9.90. The molecule has 0 saturated heterocycles. The van der Waals surface area contributed by atoms with Gasteiger partial charge >= 0.3 is 5.97 Å². The molecule has 0 saturated carbocycles. The number of carboxylic acids is 1. The number of hydrogen-bond donors (Lipinski definition) is 2. The number of aryl methyl sites for hydroxylation is 2. The molecular weight excluding hydrogens is 318 g/mol. The lowest BCUT2D eigenvalue weighted by molar-refractivity contribution is 0.0698. The molecule has 0 radical (unpaired) electrons. The summed E-state index contributed by atoms with van der Waals surface area (Å²) >= 11 is 0. The van der Waals surface area contributed by atoms with Crippen LogP contribution in [0, 0.1) is 13.8 Å². The van der Waals surface area contributed by atoms with E-state index < -0.39 is 5.97 Å². The molecule has 0 aliphatic carbocycles. The molecule has 6 nitrogen and oxygen atoms in total. The molecular formula is C19H15N3O3. The van der Waals surface area contributed by atoms with Crippen molar-refractivity contribution in [1.82, 2.24) is 15.1 Å². The fourth-order valence-electron chi connectivity index (χ4n) is 3.24. The highest BCUT2D eigenvalue weighted by Crippen LogP contribution is 2.40. The third-order valence-corrected chi connectivity index (χ3v) is 4.30. The lowest BCUT2D eigenvalue weighted by Crippen LogP contribution is -2.01. The summed E-state index contributed by atoms with van der Waals surface area (Å²) in [6.07, 6.45) is 3.49. The first kappa shape index (κ1) is 15.1. The molecule has 0 aliphatic rings. The van der Waals surface area contributed by atoms with Crippen molar-refractivity contribution in [2.75, 3.05) is 0 Å². The zero-order valence-electron chi connectivity index (χ0n) is 13.7. The minimum absolute atomic E-state index is 0.212. The summed E-state index contributed by atoms with van der Waals surface area (Å²) in [6.45, 7) is 3.66. The second-order valence-electron chi connectivity index (χ2n) is 5.83. The molecule has 4 aromatic rings. The maximum Gasteiger partial charge on any atom is 0.336 e. The van der Waals surface area contributed by atoms with E-state index >= 15 is 0 Å². The van der Waals surface area contributed by atoms with Crippen molar-refractivity contribution < 1.29 is 14.4 Å². The fourth-order valence-corrected chi connectivity index (χ4v) is 3.24. The van der Waals surface area contributed by atoms with Crippen molar-refractivity contribution in [3.05, 3.63) is 59.7 Å². The Kier molecular flexibility index (Phi) is 3.39. The van der Waals surface area contributed by atoms with Crippen molar-refractivity contribution in [2.45, 2.75) is 13.8 Å². The lowest BCUT2D eigenvalue weighted by Gasteiger charge is -2.12. The van der Waals surface area contributed by atoms with E-state index in [4.69, 9.17) is 4.52 Å². The Hall–Kier alpha value is -3.41. The van der Waals surface area contributed by atoms with Gasteiger partial charge in [0.2, 0.25) is 0 Å². The van der Waals surface area contributed by atoms with E-state index in [1.54, 1.807) is 24.5 Å². The predicted octanol–water partition coefficient (Wildman–Crippen LogP) is 4.20. The van der Waals surface area contributed by atoms with Gasteiger partial charge in [0.25, 0.3) is 0 Å². The third-order valence-electron chi connectivity index (χ3n) is 4.30. The van der Waals surface area contributed by atoms with Crippen LogP contribution in [-0.4, -0.2) is 26.2 Å². The zero-order valence-corrected chi connectivity index (χ0v) is 13.7. The maximum atomic E-state index is 11.9. The van der Waals surface area contributed by atoms with Crippen molar-refractivity contribution in [1.29, 1.82) is 0 Å². The Morgan fingerprint density at radius 1 is 1.12 bits per heavy atom. The number of pyridine rings is 1. The topological polar surface area (TPSA) is 92.0 Å². The molecule has 0 unspecified atom stereocenters. The maximum absolute atomic E-state index is 11.9. The average Bonchev–Trinajstić information content (AvgIpc) is 3.17. The summed E-state index contributed by atoms with van der Waals surface area (Å²) in [5, 5.41) is 13.7. The highest BCUT2D eigenvalue weighted by molar-refractivity contribution is 6.06. The number of benzene rings is 1. The molecule has 25 heavy (non-hydrogen) atoms. The number of aromatic carboxylic acids is 1. The molecule has 3 aromatic heterocycles. The number of aromatic amines is 1. The highest BCUT2D eigenvalue weighted by atomic mass is 16.5. The van der Waals surface area contributed by atoms with Crippen LogP contribution in [0.2, 0.25) is 0 Å². The fraction of sp³-hybridized carbons (Fsp3) is 0.105. The SMILES string of the molecule is Cc1noc(C)c1-c1cccc(C(=O)O)c1-c1c[nH]c2cccnc12. The summed E-state index contributed by atoms with van der Waals surface area (Å²) in [7, 11) is 0. The van der Waals surface area contributed by atoms with E-state index in [0.717, 1.165) is 27.7 Å². The molecule has 1 aromatic carbocycles. The first-order valence-electron chi connectivity index (χ1n) is 7.80. The van der Waals surface area contributed by atoms with E-state index in [-0.39, 0.29) is 5.56 Å². The standard InChI is InChI=1S/C19H15N3O3/c1-10-16(11(2)25-22-10)12-5-3-6-13(19(23)24)17(12)14-9-21-15-7-4-8-20-18(14)15/h3-9,21H,1-2H3,(H,23,24). The van der Waals surface area contributed by atoms with Crippen molar-refractivity contribution in [3.63, 3.8) is 0 Å². The van der Waals surface area contributed by atoms with Crippen LogP contribution in [0.15, 0.2) is 47.2 Å². The molecule has 0 aliphatic heterocycles. The first-order valence-corrected chi connectivity index (χ1v) is 7.80. The second-order valence-corrected chi connectivity index (χ2v) is 5.83. The van der Waals surface area contributed by atoms with E-state index in [0.29, 0.717) is 17.0 Å². The van der Waals surface area contributed by atoms with Crippen LogP contribution in [0.5, 0.6) is 0 Å². The number of nitrogens with zero attached hydrogens (tertiary/aromatic N) is 2. The van der Waals surface area contributed by atoms with Crippen LogP contribution in [0.4, 0.5) is 0 Å². The monoisotopic (exact) mass is 333 g/mol. The highest BCUT2D eigenvalue weighted by Gasteiger charge is 2.23. The second kappa shape index (κ2) is 5.59. The Balaban J connectivity index is 2.12. The molecule has 3 heterocycles. The number of rotatable bonds is 3. The smallest absolute Gasteiger partial charge is 0.336 e. The number of aromatic nitrogens is 3. The van der Waals surface area contributed by atoms with Gasteiger partial charge < -0.3 is 14.6 Å². The van der Waals surface area contributed by atoms with E-state index in [1.165, 1.54) is 0 Å². The van der Waals surface area contributed by atoms with Gasteiger partial charge in [0, 0.05) is 29.1 Å². The molecule has 0 bridgehead atoms. The van der Waals surface area contributed by atoms with Crippen molar-refractivity contribution in [2.24, 2.45) is 0 Å². The van der Waals surface area contributed by atoms with Crippen LogP contribution >= 0.6 is 0 Å². The summed E-state index contributed by atoms with van der Waals surface area (Å²) in [5.41, 5.74) is 5.42. The van der Waals surface area contributed by atoms with Gasteiger partial charge in [0.1, 0.15) is 5.76 Å². The molecule has 6 heteroatoms. The van der Waals surface area contributed by atoms with Gasteiger partial charge in [0.05, 0.1) is 22.3 Å². The summed E-state index contributed by atoms with van der Waals surface area (Å²) in [4.78, 5) is 19.5. The molecule has 0 amide bonds. The summed E-state index contributed by atoms with van der Waals surface area (Å²) in [5.74, 6) is -0.344. The van der Waals surface area contributed by atoms with E-state index in [1.807, 2.05) is 32.0 Å². The third kappa shape index (κ3) is 2.30. The number of H-pyrrole nitrogens is 1. The Morgan fingerprint density at radius 3 is 2.68 bits per heavy atom. The van der Waals surface area contributed by atoms with Crippen LogP contribution in [-0.2, 0) is 0 Å². The van der Waals surface area contributed by atoms with Crippen LogP contribution in [0.3, 0.4) is 0 Å². The first-order chi connectivity index (χ1) is 12.1. The quantitative estimate of drug-likeness (QED) is 0.586. The number of carboxylic acid groups (broad SMARTS) is 1. The van der Waals surface area contributed by atoms with Crippen molar-refractivity contribution >= 4 is 17.0 Å². The van der Waals surface area contributed by atoms with Gasteiger partial charge in [-0.2, -0.15) is 0 Å². The molecule has 0 atom stereocenters. The van der Waals surface area contributed by atoms with Gasteiger partial charge in [-0.15, -0.1) is 0 Å². The predicted molar refractivity (Wildman–Crippen MR) is 93.5 cm³/mol. The molecule has 4 rings (SSSR count). The van der Waals surface area contributed by atoms with Crippen LogP contribution in [0.1, 0.15) is 21.8 Å². The average molecular weight is 333 g/mol. The Bertz CT molecular complexity index is 1090. The van der Waals surface area contributed by atoms with Crippen LogP contribution < -0.4 is 0 Å².